The molecular formula is C36H37FN6O2. The monoisotopic (exact) mass is 604 g/mol. The molecule has 0 radical (unpaired) electrons. The van der Waals surface area contributed by atoms with E-state index >= 15 is 4.39 Å². The molecule has 4 aliphatic heterocycles. The van der Waals surface area contributed by atoms with Crippen LogP contribution in [0.4, 0.5) is 10.2 Å². The van der Waals surface area contributed by atoms with Gasteiger partial charge in [-0.2, -0.15) is 9.97 Å². The van der Waals surface area contributed by atoms with E-state index in [0.29, 0.717) is 51.8 Å². The van der Waals surface area contributed by atoms with Gasteiger partial charge in [0.15, 0.2) is 5.82 Å². The summed E-state index contributed by atoms with van der Waals surface area (Å²) in [7, 11) is 0. The maximum atomic E-state index is 16.9. The number of aromatic nitrogens is 3. The first-order chi connectivity index (χ1) is 21.8. The fourth-order valence-corrected chi connectivity index (χ4v) is 8.08. The topological polar surface area (TPSA) is 86.6 Å². The van der Waals surface area contributed by atoms with E-state index < -0.39 is 5.82 Å². The minimum Gasteiger partial charge on any atom is -0.508 e. The summed E-state index contributed by atoms with van der Waals surface area (Å²) in [6, 6.07) is 9.52. The Kier molecular flexibility index (Phi) is 6.70. The van der Waals surface area contributed by atoms with Gasteiger partial charge in [0.25, 0.3) is 0 Å². The van der Waals surface area contributed by atoms with Crippen LogP contribution in [0.3, 0.4) is 0 Å². The number of rotatable bonds is 5. The summed E-state index contributed by atoms with van der Waals surface area (Å²) in [5, 5.41) is 16.2. The minimum atomic E-state index is -0.591. The molecule has 4 saturated heterocycles. The van der Waals surface area contributed by atoms with Crippen molar-refractivity contribution in [2.45, 2.75) is 63.6 Å². The van der Waals surface area contributed by atoms with Crippen LogP contribution >= 0.6 is 0 Å². The van der Waals surface area contributed by atoms with Gasteiger partial charge in [-0.1, -0.05) is 29.2 Å². The lowest BCUT2D eigenvalue weighted by Gasteiger charge is -2.34. The second-order valence-corrected chi connectivity index (χ2v) is 13.4. The van der Waals surface area contributed by atoms with Crippen LogP contribution < -0.4 is 15.0 Å². The number of fused-ring (bicyclic) bond motifs is 5. The SMILES string of the molecule is C#Cc1cccc2cc(O)cc(-c3ncc4c(N5C[C@H]6CC[C@@H](C5)N6)nc(OCC56CCCN5CC(=C(C)C)C6)nc4c3F)c12. The number of pyridine rings is 1. The molecular weight excluding hydrogens is 567 g/mol. The van der Waals surface area contributed by atoms with E-state index in [2.05, 4.69) is 39.9 Å². The third-order valence-corrected chi connectivity index (χ3v) is 10.4. The van der Waals surface area contributed by atoms with Gasteiger partial charge in [-0.25, -0.2) is 4.39 Å². The Bertz CT molecular complexity index is 1920. The van der Waals surface area contributed by atoms with Crippen molar-refractivity contribution in [3.63, 3.8) is 0 Å². The van der Waals surface area contributed by atoms with Gasteiger partial charge in [0.05, 0.1) is 10.9 Å². The van der Waals surface area contributed by atoms with Crippen molar-refractivity contribution in [2.75, 3.05) is 37.7 Å². The predicted molar refractivity (Wildman–Crippen MR) is 174 cm³/mol. The average Bonchev–Trinajstić information content (AvgIpc) is 3.70. The fourth-order valence-electron chi connectivity index (χ4n) is 8.08. The van der Waals surface area contributed by atoms with Crippen molar-refractivity contribution in [2.24, 2.45) is 0 Å². The molecule has 2 N–H and O–H groups in total. The van der Waals surface area contributed by atoms with Crippen LogP contribution in [-0.4, -0.2) is 75.4 Å². The van der Waals surface area contributed by atoms with Gasteiger partial charge in [0, 0.05) is 54.4 Å². The number of phenols is 1. The number of ether oxygens (including phenoxy) is 1. The molecule has 0 saturated carbocycles. The number of hydrogen-bond donors (Lipinski definition) is 2. The predicted octanol–water partition coefficient (Wildman–Crippen LogP) is 5.57. The number of anilines is 1. The average molecular weight is 605 g/mol. The summed E-state index contributed by atoms with van der Waals surface area (Å²) < 4.78 is 23.3. The molecule has 45 heavy (non-hydrogen) atoms. The Morgan fingerprint density at radius 1 is 1.20 bits per heavy atom. The van der Waals surface area contributed by atoms with Crippen LogP contribution in [0.5, 0.6) is 11.8 Å². The molecule has 4 aliphatic rings. The second-order valence-electron chi connectivity index (χ2n) is 13.4. The van der Waals surface area contributed by atoms with Crippen molar-refractivity contribution in [3.8, 4) is 35.4 Å². The molecule has 0 aliphatic carbocycles. The Hall–Kier alpha value is -4.26. The van der Waals surface area contributed by atoms with Gasteiger partial charge in [0.1, 0.15) is 29.4 Å². The number of halogens is 1. The molecule has 4 fully saturated rings. The molecule has 230 valence electrons. The molecule has 2 bridgehead atoms. The Labute approximate surface area is 262 Å². The smallest absolute Gasteiger partial charge is 0.319 e. The molecule has 4 aromatic rings. The summed E-state index contributed by atoms with van der Waals surface area (Å²) in [6.07, 6.45) is 12.9. The van der Waals surface area contributed by atoms with Crippen molar-refractivity contribution in [1.82, 2.24) is 25.2 Å². The zero-order valence-electron chi connectivity index (χ0n) is 25.7. The zero-order chi connectivity index (χ0) is 30.9. The highest BCUT2D eigenvalue weighted by Crippen LogP contribution is 2.43. The van der Waals surface area contributed by atoms with Crippen LogP contribution in [0.2, 0.25) is 0 Å². The van der Waals surface area contributed by atoms with Gasteiger partial charge >= 0.3 is 6.01 Å². The largest absolute Gasteiger partial charge is 0.508 e. The van der Waals surface area contributed by atoms with E-state index in [1.807, 2.05) is 18.2 Å². The van der Waals surface area contributed by atoms with E-state index in [1.54, 1.807) is 12.3 Å². The zero-order valence-corrected chi connectivity index (χ0v) is 25.7. The molecule has 6 heterocycles. The summed E-state index contributed by atoms with van der Waals surface area (Å²) in [6.45, 7) is 8.38. The van der Waals surface area contributed by atoms with Crippen LogP contribution in [0.15, 0.2) is 47.7 Å². The summed E-state index contributed by atoms with van der Waals surface area (Å²) >= 11 is 0. The van der Waals surface area contributed by atoms with Crippen molar-refractivity contribution in [1.29, 1.82) is 0 Å². The molecule has 2 aromatic heterocycles. The number of nitrogens with zero attached hydrogens (tertiary/aromatic N) is 5. The Morgan fingerprint density at radius 2 is 2.02 bits per heavy atom. The minimum absolute atomic E-state index is 0.00401. The highest BCUT2D eigenvalue weighted by molar-refractivity contribution is 6.02. The molecule has 8 rings (SSSR count). The van der Waals surface area contributed by atoms with Gasteiger partial charge in [-0.3, -0.25) is 9.88 Å². The van der Waals surface area contributed by atoms with E-state index in [4.69, 9.17) is 21.1 Å². The van der Waals surface area contributed by atoms with Crippen molar-refractivity contribution < 1.29 is 14.2 Å². The molecule has 0 spiro atoms. The van der Waals surface area contributed by atoms with Crippen LogP contribution in [-0.2, 0) is 0 Å². The molecule has 1 unspecified atom stereocenters. The maximum absolute atomic E-state index is 16.9. The second kappa shape index (κ2) is 10.7. The van der Waals surface area contributed by atoms with Crippen molar-refractivity contribution >= 4 is 27.5 Å². The lowest BCUT2D eigenvalue weighted by molar-refractivity contribution is 0.108. The molecule has 8 nitrogen and oxygen atoms in total. The third kappa shape index (κ3) is 4.70. The maximum Gasteiger partial charge on any atom is 0.319 e. The van der Waals surface area contributed by atoms with E-state index in [-0.39, 0.29) is 28.5 Å². The lowest BCUT2D eigenvalue weighted by atomic mass is 9.92. The third-order valence-electron chi connectivity index (χ3n) is 10.4. The number of terminal acetylenes is 1. The Balaban J connectivity index is 1.25. The van der Waals surface area contributed by atoms with Gasteiger partial charge in [-0.05, 0) is 76.1 Å². The highest BCUT2D eigenvalue weighted by Gasteiger charge is 2.47. The first-order valence-corrected chi connectivity index (χ1v) is 15.9. The molecule has 3 atom stereocenters. The number of allylic oxidation sites excluding steroid dienone is 1. The fraction of sp³-hybridized carbons (Fsp3) is 0.417. The van der Waals surface area contributed by atoms with Gasteiger partial charge in [-0.15, -0.1) is 6.42 Å². The number of hydrogen-bond acceptors (Lipinski definition) is 8. The number of phenolic OH excluding ortho intramolecular Hbond substituents is 1. The molecule has 9 heteroatoms. The summed E-state index contributed by atoms with van der Waals surface area (Å²) in [5.41, 5.74) is 4.00. The number of nitrogens with one attached hydrogen (secondary N) is 1. The summed E-state index contributed by atoms with van der Waals surface area (Å²) in [4.78, 5) is 19.1. The van der Waals surface area contributed by atoms with Crippen LogP contribution in [0.25, 0.3) is 32.9 Å². The first kappa shape index (κ1) is 28.2. The number of piperazine rings is 1. The van der Waals surface area contributed by atoms with Crippen LogP contribution in [0.1, 0.15) is 51.5 Å². The highest BCUT2D eigenvalue weighted by atomic mass is 19.1. The molecule has 2 aromatic carbocycles. The van der Waals surface area contributed by atoms with Gasteiger partial charge in [0.2, 0.25) is 0 Å². The lowest BCUT2D eigenvalue weighted by Crippen LogP contribution is -2.51. The Morgan fingerprint density at radius 3 is 2.80 bits per heavy atom. The summed E-state index contributed by atoms with van der Waals surface area (Å²) in [5.74, 6) is 2.76. The van der Waals surface area contributed by atoms with E-state index in [9.17, 15) is 5.11 Å². The normalized spacial score (nSPS) is 24.4. The standard InChI is InChI=1S/C36H37FN6O2/c1-4-22-7-5-8-23-13-27(44)14-28(30(22)23)32-31(37)33-29(16-38-32)34(42-18-25-9-10-26(19-42)39-25)41-35(40-33)45-20-36-11-6-12-43(36)17-24(15-36)21(2)3/h1,5,7-8,13-14,16,25-26,39,44H,6,9-12,15,17-20H2,2-3H3/t25-,26+,36?. The van der Waals surface area contributed by atoms with E-state index in [1.165, 1.54) is 17.2 Å². The molecule has 0 amide bonds. The van der Waals surface area contributed by atoms with Crippen LogP contribution in [0, 0.1) is 18.2 Å². The number of benzene rings is 2. The quantitative estimate of drug-likeness (QED) is 0.226. The first-order valence-electron chi connectivity index (χ1n) is 15.9. The van der Waals surface area contributed by atoms with Gasteiger partial charge < -0.3 is 20.1 Å². The number of aromatic hydroxyl groups is 1. The van der Waals surface area contributed by atoms with E-state index in [0.717, 1.165) is 58.3 Å². The van der Waals surface area contributed by atoms with Crippen molar-refractivity contribution in [3.05, 3.63) is 59.1 Å².